The van der Waals surface area contributed by atoms with Gasteiger partial charge in [-0.2, -0.15) is 0 Å². The molecular formula is C5H9Cl3O. The molecule has 9 heavy (non-hydrogen) atoms. The van der Waals surface area contributed by atoms with Gasteiger partial charge in [0.15, 0.2) is 4.33 Å². The molecule has 1 atom stereocenters. The molecule has 4 heteroatoms. The minimum Gasteiger partial charge on any atom is -0.393 e. The maximum absolute atomic E-state index is 8.55. The molecule has 0 spiro atoms. The van der Waals surface area contributed by atoms with Gasteiger partial charge in [0.2, 0.25) is 0 Å². The van der Waals surface area contributed by atoms with E-state index in [0.29, 0.717) is 6.42 Å². The van der Waals surface area contributed by atoms with Crippen LogP contribution in [-0.2, 0) is 0 Å². The van der Waals surface area contributed by atoms with Gasteiger partial charge in [-0.25, -0.2) is 0 Å². The Morgan fingerprint density at radius 2 is 2.00 bits per heavy atom. The summed E-state index contributed by atoms with van der Waals surface area (Å²) < 4.78 is -1.18. The first kappa shape index (κ1) is 9.83. The fraction of sp³-hybridized carbons (Fsp3) is 1.00. The fourth-order valence-corrected chi connectivity index (χ4v) is 0.775. The largest absolute Gasteiger partial charge is 0.393 e. The van der Waals surface area contributed by atoms with Gasteiger partial charge in [-0.05, 0) is 6.42 Å². The zero-order valence-electron chi connectivity index (χ0n) is 5.07. The van der Waals surface area contributed by atoms with E-state index in [0.717, 1.165) is 0 Å². The van der Waals surface area contributed by atoms with E-state index in [2.05, 4.69) is 0 Å². The van der Waals surface area contributed by atoms with Crippen LogP contribution in [0.5, 0.6) is 0 Å². The first-order valence-electron chi connectivity index (χ1n) is 2.67. The van der Waals surface area contributed by atoms with Crippen molar-refractivity contribution in [1.29, 1.82) is 0 Å². The van der Waals surface area contributed by atoms with Gasteiger partial charge in [-0.15, -0.1) is 11.6 Å². The Morgan fingerprint density at radius 1 is 1.56 bits per heavy atom. The van der Waals surface area contributed by atoms with Crippen LogP contribution >= 0.6 is 34.8 Å². The molecule has 0 aliphatic rings. The molecule has 0 saturated carbocycles. The third-order valence-corrected chi connectivity index (χ3v) is 2.70. The summed E-state index contributed by atoms with van der Waals surface area (Å²) in [4.78, 5) is 0. The lowest BCUT2D eigenvalue weighted by Gasteiger charge is -2.20. The molecule has 0 aromatic carbocycles. The van der Waals surface area contributed by atoms with E-state index in [1.54, 1.807) is 0 Å². The Hall–Kier alpha value is 0.830. The highest BCUT2D eigenvalue weighted by Gasteiger charge is 2.30. The number of aliphatic hydroxyl groups excluding tert-OH is 1. The van der Waals surface area contributed by atoms with Crippen LogP contribution in [0.2, 0.25) is 0 Å². The minimum absolute atomic E-state index is 0.307. The van der Waals surface area contributed by atoms with E-state index in [-0.39, 0.29) is 12.0 Å². The summed E-state index contributed by atoms with van der Waals surface area (Å²) >= 11 is 16.7. The van der Waals surface area contributed by atoms with Crippen LogP contribution in [0.15, 0.2) is 0 Å². The summed E-state index contributed by atoms with van der Waals surface area (Å²) in [6.07, 6.45) is 0.648. The Bertz CT molecular complexity index is 84.3. The van der Waals surface area contributed by atoms with E-state index >= 15 is 0 Å². The lowest BCUT2D eigenvalue weighted by atomic mass is 10.2. The van der Waals surface area contributed by atoms with E-state index in [1.165, 1.54) is 0 Å². The standard InChI is InChI=1S/C5H9Cl3O/c1-2-4(6)5(7,8)3-9/h4,9H,2-3H2,1H3. The van der Waals surface area contributed by atoms with Crippen LogP contribution in [0.1, 0.15) is 13.3 Å². The van der Waals surface area contributed by atoms with Crippen LogP contribution < -0.4 is 0 Å². The molecule has 0 radical (unpaired) electrons. The van der Waals surface area contributed by atoms with Crippen molar-refractivity contribution in [3.8, 4) is 0 Å². The average Bonchev–Trinajstić information content (AvgIpc) is 1.86. The Morgan fingerprint density at radius 3 is 2.11 bits per heavy atom. The molecule has 0 aliphatic heterocycles. The first-order chi connectivity index (χ1) is 4.04. The van der Waals surface area contributed by atoms with Gasteiger partial charge in [0.25, 0.3) is 0 Å². The van der Waals surface area contributed by atoms with Gasteiger partial charge in [-0.1, -0.05) is 30.1 Å². The van der Waals surface area contributed by atoms with E-state index < -0.39 is 4.33 Å². The normalized spacial score (nSPS) is 15.7. The van der Waals surface area contributed by atoms with Crippen molar-refractivity contribution in [2.75, 3.05) is 6.61 Å². The van der Waals surface area contributed by atoms with Crippen LogP contribution in [-0.4, -0.2) is 21.4 Å². The second-order valence-corrected chi connectivity index (χ2v) is 3.86. The third-order valence-electron chi connectivity index (χ3n) is 1.03. The highest BCUT2D eigenvalue weighted by atomic mass is 35.5. The van der Waals surface area contributed by atoms with Crippen molar-refractivity contribution in [1.82, 2.24) is 0 Å². The van der Waals surface area contributed by atoms with Gasteiger partial charge in [0, 0.05) is 0 Å². The molecule has 1 unspecified atom stereocenters. The molecule has 0 amide bonds. The number of hydrogen-bond donors (Lipinski definition) is 1. The molecule has 0 aliphatic carbocycles. The SMILES string of the molecule is CCC(Cl)C(Cl)(Cl)CO. The third kappa shape index (κ3) is 2.94. The number of aliphatic hydroxyl groups is 1. The first-order valence-corrected chi connectivity index (χ1v) is 3.86. The molecule has 0 bridgehead atoms. The Kier molecular flexibility index (Phi) is 4.22. The minimum atomic E-state index is -1.18. The average molecular weight is 191 g/mol. The smallest absolute Gasteiger partial charge is 0.157 e. The second kappa shape index (κ2) is 3.87. The number of rotatable bonds is 3. The van der Waals surface area contributed by atoms with Crippen LogP contribution in [0.3, 0.4) is 0 Å². The van der Waals surface area contributed by atoms with E-state index in [4.69, 9.17) is 39.9 Å². The highest BCUT2D eigenvalue weighted by Crippen LogP contribution is 2.30. The predicted octanol–water partition coefficient (Wildman–Crippen LogP) is 2.17. The number of hydrogen-bond acceptors (Lipinski definition) is 1. The fourth-order valence-electron chi connectivity index (χ4n) is 0.398. The molecule has 0 rings (SSSR count). The van der Waals surface area contributed by atoms with Crippen molar-refractivity contribution in [3.63, 3.8) is 0 Å². The van der Waals surface area contributed by atoms with Crippen LogP contribution in [0.25, 0.3) is 0 Å². The molecule has 0 fully saturated rings. The summed E-state index contributed by atoms with van der Waals surface area (Å²) in [5.41, 5.74) is 0. The molecular weight excluding hydrogens is 182 g/mol. The molecule has 1 N–H and O–H groups in total. The zero-order chi connectivity index (χ0) is 7.49. The van der Waals surface area contributed by atoms with Crippen molar-refractivity contribution in [3.05, 3.63) is 0 Å². The van der Waals surface area contributed by atoms with Gasteiger partial charge in [-0.3, -0.25) is 0 Å². The van der Waals surface area contributed by atoms with E-state index in [9.17, 15) is 0 Å². The van der Waals surface area contributed by atoms with Crippen LogP contribution in [0, 0.1) is 0 Å². The summed E-state index contributed by atoms with van der Waals surface area (Å²) in [6, 6.07) is 0. The van der Waals surface area contributed by atoms with E-state index in [1.807, 2.05) is 6.92 Å². The topological polar surface area (TPSA) is 20.2 Å². The second-order valence-electron chi connectivity index (χ2n) is 1.79. The molecule has 0 heterocycles. The Labute approximate surface area is 69.9 Å². The highest BCUT2D eigenvalue weighted by molar-refractivity contribution is 6.52. The molecule has 1 nitrogen and oxygen atoms in total. The maximum atomic E-state index is 8.55. The van der Waals surface area contributed by atoms with Crippen molar-refractivity contribution < 1.29 is 5.11 Å². The lowest BCUT2D eigenvalue weighted by molar-refractivity contribution is 0.275. The molecule has 0 saturated heterocycles. The van der Waals surface area contributed by atoms with Crippen molar-refractivity contribution in [2.24, 2.45) is 0 Å². The summed E-state index contributed by atoms with van der Waals surface area (Å²) in [5, 5.41) is 8.16. The predicted molar refractivity (Wildman–Crippen MR) is 41.5 cm³/mol. The Balaban J connectivity index is 3.80. The summed E-state index contributed by atoms with van der Waals surface area (Å²) in [6.45, 7) is 1.55. The molecule has 56 valence electrons. The van der Waals surface area contributed by atoms with Gasteiger partial charge in [0.05, 0.1) is 12.0 Å². The lowest BCUT2D eigenvalue weighted by Crippen LogP contribution is -2.29. The monoisotopic (exact) mass is 190 g/mol. The summed E-state index contributed by atoms with van der Waals surface area (Å²) in [7, 11) is 0. The quantitative estimate of drug-likeness (QED) is 0.678. The van der Waals surface area contributed by atoms with Gasteiger partial charge in [0.1, 0.15) is 0 Å². The molecule has 0 aromatic heterocycles. The van der Waals surface area contributed by atoms with Crippen LogP contribution in [0.4, 0.5) is 0 Å². The maximum Gasteiger partial charge on any atom is 0.157 e. The van der Waals surface area contributed by atoms with Gasteiger partial charge >= 0.3 is 0 Å². The van der Waals surface area contributed by atoms with Crippen molar-refractivity contribution >= 4 is 34.8 Å². The zero-order valence-corrected chi connectivity index (χ0v) is 7.34. The number of alkyl halides is 3. The molecule has 0 aromatic rings. The van der Waals surface area contributed by atoms with Gasteiger partial charge < -0.3 is 5.11 Å². The summed E-state index contributed by atoms with van der Waals surface area (Å²) in [5.74, 6) is 0. The number of halogens is 3. The van der Waals surface area contributed by atoms with Crippen molar-refractivity contribution in [2.45, 2.75) is 23.1 Å².